The van der Waals surface area contributed by atoms with Gasteiger partial charge in [0.2, 0.25) is 21.8 Å². The summed E-state index contributed by atoms with van der Waals surface area (Å²) in [5.74, 6) is -0.761. The Morgan fingerprint density at radius 3 is 2.06 bits per heavy atom. The van der Waals surface area contributed by atoms with Gasteiger partial charge in [-0.3, -0.25) is 13.9 Å². The van der Waals surface area contributed by atoms with E-state index in [-0.39, 0.29) is 39.1 Å². The number of hydrogen-bond acceptors (Lipinski definition) is 4. The van der Waals surface area contributed by atoms with Gasteiger partial charge in [-0.1, -0.05) is 72.4 Å². The van der Waals surface area contributed by atoms with E-state index in [1.54, 1.807) is 31.2 Å². The van der Waals surface area contributed by atoms with Crippen LogP contribution in [0.2, 0.25) is 20.1 Å². The Morgan fingerprint density at radius 1 is 0.943 bits per heavy atom. The smallest absolute Gasteiger partial charge is 0.244 e. The third-order valence-corrected chi connectivity index (χ3v) is 7.46. The summed E-state index contributed by atoms with van der Waals surface area (Å²) in [6.45, 7) is 5.37. The highest BCUT2D eigenvalue weighted by molar-refractivity contribution is 7.92. The average Bonchev–Trinajstić information content (AvgIpc) is 2.76. The lowest BCUT2D eigenvalue weighted by molar-refractivity contribution is -0.139. The SMILES string of the molecule is CC(C)CNC(=O)[C@H](C)N(Cc1ccc(Cl)cc1)C(=O)CN(c1cc(Cl)c(Cl)cc1Cl)S(C)(=O)=O. The first-order chi connectivity index (χ1) is 16.2. The summed E-state index contributed by atoms with van der Waals surface area (Å²) in [6, 6.07) is 8.49. The van der Waals surface area contributed by atoms with Crippen LogP contribution in [0.15, 0.2) is 36.4 Å². The molecule has 2 aromatic rings. The van der Waals surface area contributed by atoms with Crippen LogP contribution in [-0.2, 0) is 26.2 Å². The molecule has 12 heteroatoms. The van der Waals surface area contributed by atoms with Crippen LogP contribution in [0.3, 0.4) is 0 Å². The highest BCUT2D eigenvalue weighted by atomic mass is 35.5. The Bertz CT molecular complexity index is 1170. The number of carbonyl (C=O) groups excluding carboxylic acids is 2. The van der Waals surface area contributed by atoms with Crippen LogP contribution in [0.5, 0.6) is 0 Å². The number of nitrogens with zero attached hydrogens (tertiary/aromatic N) is 2. The zero-order valence-electron chi connectivity index (χ0n) is 19.7. The van der Waals surface area contributed by atoms with Crippen molar-refractivity contribution < 1.29 is 18.0 Å². The van der Waals surface area contributed by atoms with E-state index in [4.69, 9.17) is 46.4 Å². The maximum Gasteiger partial charge on any atom is 0.244 e. The number of halogens is 4. The van der Waals surface area contributed by atoms with Crippen molar-refractivity contribution in [3.05, 3.63) is 62.1 Å². The van der Waals surface area contributed by atoms with Crippen molar-refractivity contribution in [1.82, 2.24) is 10.2 Å². The maximum absolute atomic E-state index is 13.5. The summed E-state index contributed by atoms with van der Waals surface area (Å²) in [6.07, 6.45) is 0.946. The van der Waals surface area contributed by atoms with Gasteiger partial charge in [0.15, 0.2) is 0 Å². The Hall–Kier alpha value is -1.71. The highest BCUT2D eigenvalue weighted by Gasteiger charge is 2.31. The fraction of sp³-hybridized carbons (Fsp3) is 0.391. The Balaban J connectivity index is 2.43. The van der Waals surface area contributed by atoms with Gasteiger partial charge in [0.05, 0.1) is 27.0 Å². The topological polar surface area (TPSA) is 86.8 Å². The molecule has 0 heterocycles. The molecule has 0 aromatic heterocycles. The van der Waals surface area contributed by atoms with E-state index in [0.29, 0.717) is 17.1 Å². The van der Waals surface area contributed by atoms with E-state index in [0.717, 1.165) is 10.6 Å². The molecule has 192 valence electrons. The molecule has 0 spiro atoms. The molecule has 0 saturated carbocycles. The number of sulfonamides is 1. The van der Waals surface area contributed by atoms with E-state index < -0.39 is 28.5 Å². The third-order valence-electron chi connectivity index (χ3n) is 5.06. The molecule has 0 aliphatic heterocycles. The van der Waals surface area contributed by atoms with Crippen molar-refractivity contribution in [3.8, 4) is 0 Å². The Labute approximate surface area is 226 Å². The fourth-order valence-corrected chi connectivity index (χ4v) is 4.79. The van der Waals surface area contributed by atoms with Crippen LogP contribution in [0.4, 0.5) is 5.69 Å². The van der Waals surface area contributed by atoms with Gasteiger partial charge in [-0.15, -0.1) is 0 Å². The van der Waals surface area contributed by atoms with Crippen molar-refractivity contribution in [2.24, 2.45) is 5.92 Å². The number of hydrogen-bond donors (Lipinski definition) is 1. The first-order valence-electron chi connectivity index (χ1n) is 10.6. The molecule has 35 heavy (non-hydrogen) atoms. The molecule has 0 radical (unpaired) electrons. The minimum absolute atomic E-state index is 0.000252. The van der Waals surface area contributed by atoms with Gasteiger partial charge in [0.25, 0.3) is 0 Å². The molecule has 0 bridgehead atoms. The lowest BCUT2D eigenvalue weighted by atomic mass is 10.1. The van der Waals surface area contributed by atoms with Crippen LogP contribution in [0.1, 0.15) is 26.3 Å². The molecule has 0 aliphatic carbocycles. The molecule has 0 saturated heterocycles. The van der Waals surface area contributed by atoms with E-state index >= 15 is 0 Å². The van der Waals surface area contributed by atoms with Gasteiger partial charge in [-0.05, 0) is 42.7 Å². The fourth-order valence-electron chi connectivity index (χ4n) is 3.12. The summed E-state index contributed by atoms with van der Waals surface area (Å²) < 4.78 is 26.1. The number of benzene rings is 2. The van der Waals surface area contributed by atoms with Gasteiger partial charge in [0.1, 0.15) is 12.6 Å². The molecule has 1 N–H and O–H groups in total. The standard InChI is InChI=1S/C23H27Cl4N3O4S/c1-14(2)11-28-23(32)15(3)29(12-16-5-7-17(24)8-6-16)22(31)13-30(35(4,33)34)21-10-19(26)18(25)9-20(21)27/h5-10,14-15H,11-13H2,1-4H3,(H,28,32)/t15-/m0/s1. The lowest BCUT2D eigenvalue weighted by Gasteiger charge is -2.32. The molecule has 2 amide bonds. The predicted molar refractivity (Wildman–Crippen MR) is 143 cm³/mol. The van der Waals surface area contributed by atoms with Crippen LogP contribution in [0.25, 0.3) is 0 Å². The van der Waals surface area contributed by atoms with Crippen molar-refractivity contribution >= 4 is 73.9 Å². The van der Waals surface area contributed by atoms with Crippen molar-refractivity contribution in [3.63, 3.8) is 0 Å². The van der Waals surface area contributed by atoms with E-state index in [9.17, 15) is 18.0 Å². The minimum Gasteiger partial charge on any atom is -0.354 e. The number of rotatable bonds is 10. The van der Waals surface area contributed by atoms with Gasteiger partial charge >= 0.3 is 0 Å². The molecule has 0 unspecified atom stereocenters. The zero-order valence-corrected chi connectivity index (χ0v) is 23.5. The number of anilines is 1. The van der Waals surface area contributed by atoms with Gasteiger partial charge in [-0.2, -0.15) is 0 Å². The van der Waals surface area contributed by atoms with Gasteiger partial charge in [0, 0.05) is 18.1 Å². The second kappa shape index (κ2) is 12.5. The largest absolute Gasteiger partial charge is 0.354 e. The summed E-state index contributed by atoms with van der Waals surface area (Å²) in [7, 11) is -3.96. The van der Waals surface area contributed by atoms with Crippen molar-refractivity contribution in [1.29, 1.82) is 0 Å². The average molecular weight is 583 g/mol. The van der Waals surface area contributed by atoms with Gasteiger partial charge < -0.3 is 10.2 Å². The molecule has 0 fully saturated rings. The number of carbonyl (C=O) groups is 2. The summed E-state index contributed by atoms with van der Waals surface area (Å²) >= 11 is 24.3. The minimum atomic E-state index is -3.96. The first kappa shape index (κ1) is 29.5. The van der Waals surface area contributed by atoms with E-state index in [1.165, 1.54) is 17.0 Å². The highest BCUT2D eigenvalue weighted by Crippen LogP contribution is 2.35. The second-order valence-corrected chi connectivity index (χ2v) is 12.0. The summed E-state index contributed by atoms with van der Waals surface area (Å²) in [5.41, 5.74) is 0.713. The quantitative estimate of drug-likeness (QED) is 0.387. The van der Waals surface area contributed by atoms with Crippen LogP contribution in [0, 0.1) is 5.92 Å². The Morgan fingerprint density at radius 2 is 1.51 bits per heavy atom. The monoisotopic (exact) mass is 581 g/mol. The molecule has 7 nitrogen and oxygen atoms in total. The van der Waals surface area contributed by atoms with Crippen LogP contribution >= 0.6 is 46.4 Å². The number of nitrogens with one attached hydrogen (secondary N) is 1. The normalized spacial score (nSPS) is 12.4. The molecule has 2 aromatic carbocycles. The third kappa shape index (κ3) is 8.43. The first-order valence-corrected chi connectivity index (χ1v) is 14.0. The zero-order chi connectivity index (χ0) is 26.5. The lowest BCUT2D eigenvalue weighted by Crippen LogP contribution is -2.51. The van der Waals surface area contributed by atoms with Crippen molar-refractivity contribution in [2.45, 2.75) is 33.4 Å². The molecular weight excluding hydrogens is 556 g/mol. The van der Waals surface area contributed by atoms with E-state index in [2.05, 4.69) is 5.32 Å². The predicted octanol–water partition coefficient (Wildman–Crippen LogP) is 5.26. The molecule has 0 aliphatic rings. The summed E-state index contributed by atoms with van der Waals surface area (Å²) in [5, 5.41) is 3.55. The number of amides is 2. The van der Waals surface area contributed by atoms with Crippen molar-refractivity contribution in [2.75, 3.05) is 23.7 Å². The van der Waals surface area contributed by atoms with E-state index in [1.807, 2.05) is 13.8 Å². The molecule has 1 atom stereocenters. The summed E-state index contributed by atoms with van der Waals surface area (Å²) in [4.78, 5) is 27.6. The second-order valence-electron chi connectivity index (χ2n) is 8.45. The Kier molecular flexibility index (Phi) is 10.5. The van der Waals surface area contributed by atoms with Crippen LogP contribution in [-0.4, -0.2) is 50.5 Å². The molecular formula is C23H27Cl4N3O4S. The van der Waals surface area contributed by atoms with Crippen LogP contribution < -0.4 is 9.62 Å². The molecule has 2 rings (SSSR count). The van der Waals surface area contributed by atoms with Gasteiger partial charge in [-0.25, -0.2) is 8.42 Å². The maximum atomic E-state index is 13.5.